The van der Waals surface area contributed by atoms with E-state index in [0.29, 0.717) is 12.3 Å². The molecule has 1 aromatic rings. The highest BCUT2D eigenvalue weighted by molar-refractivity contribution is 5.93. The number of carboxylic acids is 1. The van der Waals surface area contributed by atoms with E-state index in [2.05, 4.69) is 5.32 Å². The molecule has 20 heavy (non-hydrogen) atoms. The number of likely N-dealkylation sites (N-methyl/N-ethyl adjacent to an activating group) is 1. The van der Waals surface area contributed by atoms with Crippen molar-refractivity contribution in [2.45, 2.75) is 13.0 Å². The van der Waals surface area contributed by atoms with Crippen LogP contribution in [0, 0.1) is 0 Å². The maximum atomic E-state index is 11.9. The fraction of sp³-hybridized carbons (Fsp3) is 0.385. The van der Waals surface area contributed by atoms with Crippen molar-refractivity contribution in [1.82, 2.24) is 4.90 Å². The molecule has 0 aliphatic rings. The van der Waals surface area contributed by atoms with Gasteiger partial charge in [-0.1, -0.05) is 0 Å². The Bertz CT molecular complexity index is 504. The number of methoxy groups -OCH3 is 1. The predicted octanol–water partition coefficient (Wildman–Crippen LogP) is 1.59. The van der Waals surface area contributed by atoms with Gasteiger partial charge < -0.3 is 25.2 Å². The summed E-state index contributed by atoms with van der Waals surface area (Å²) in [6, 6.07) is 3.33. The van der Waals surface area contributed by atoms with Gasteiger partial charge in [0.25, 0.3) is 0 Å². The van der Waals surface area contributed by atoms with E-state index in [1.54, 1.807) is 14.2 Å². The third-order valence-corrected chi connectivity index (χ3v) is 2.87. The minimum Gasteiger partial charge on any atom is -0.507 e. The van der Waals surface area contributed by atoms with Crippen LogP contribution in [-0.2, 0) is 4.74 Å². The molecule has 0 aliphatic heterocycles. The maximum Gasteiger partial charge on any atom is 0.339 e. The summed E-state index contributed by atoms with van der Waals surface area (Å²) in [4.78, 5) is 24.1. The number of phenols is 1. The van der Waals surface area contributed by atoms with Gasteiger partial charge in [-0.15, -0.1) is 0 Å². The lowest BCUT2D eigenvalue weighted by molar-refractivity contribution is 0.0694. The average molecular weight is 282 g/mol. The number of aromatic hydroxyl groups is 1. The van der Waals surface area contributed by atoms with Gasteiger partial charge in [0.05, 0.1) is 12.6 Å². The zero-order valence-corrected chi connectivity index (χ0v) is 11.6. The third-order valence-electron chi connectivity index (χ3n) is 2.87. The first-order valence-electron chi connectivity index (χ1n) is 5.96. The van der Waals surface area contributed by atoms with Crippen LogP contribution in [0.15, 0.2) is 18.2 Å². The molecule has 1 atom stereocenters. The number of carboxylic acid groups (broad SMARTS) is 1. The molecule has 0 saturated heterocycles. The van der Waals surface area contributed by atoms with Gasteiger partial charge in [-0.2, -0.15) is 0 Å². The second-order valence-electron chi connectivity index (χ2n) is 4.38. The Hall–Kier alpha value is -2.28. The molecule has 0 bridgehead atoms. The van der Waals surface area contributed by atoms with Gasteiger partial charge in [-0.25, -0.2) is 9.59 Å². The Kier molecular flexibility index (Phi) is 5.33. The zero-order chi connectivity index (χ0) is 15.3. The number of carbonyl (C=O) groups is 2. The van der Waals surface area contributed by atoms with E-state index in [1.807, 2.05) is 6.92 Å². The van der Waals surface area contributed by atoms with Crippen LogP contribution in [0.1, 0.15) is 17.3 Å². The van der Waals surface area contributed by atoms with Crippen molar-refractivity contribution in [3.05, 3.63) is 23.8 Å². The Morgan fingerprint density at radius 1 is 1.45 bits per heavy atom. The highest BCUT2D eigenvalue weighted by atomic mass is 16.5. The smallest absolute Gasteiger partial charge is 0.339 e. The molecule has 1 unspecified atom stereocenters. The molecule has 7 nitrogen and oxygen atoms in total. The lowest BCUT2D eigenvalue weighted by Gasteiger charge is -2.24. The first-order chi connectivity index (χ1) is 9.36. The summed E-state index contributed by atoms with van der Waals surface area (Å²) in [6.07, 6.45) is 0. The standard InChI is InChI=1S/C13H18N2O5/c1-8(7-20-3)15(2)13(19)14-9-4-5-10(12(17)18)11(16)6-9/h4-6,8,16H,7H2,1-3H3,(H,14,19)(H,17,18). The van der Waals surface area contributed by atoms with E-state index < -0.39 is 11.7 Å². The zero-order valence-electron chi connectivity index (χ0n) is 11.6. The molecule has 0 fully saturated rings. The van der Waals surface area contributed by atoms with E-state index in [4.69, 9.17) is 9.84 Å². The second kappa shape index (κ2) is 6.76. The summed E-state index contributed by atoms with van der Waals surface area (Å²) >= 11 is 0. The number of ether oxygens (including phenoxy) is 1. The van der Waals surface area contributed by atoms with Crippen molar-refractivity contribution < 1.29 is 24.5 Å². The van der Waals surface area contributed by atoms with E-state index in [0.717, 1.165) is 0 Å². The van der Waals surface area contributed by atoms with Gasteiger partial charge in [-0.05, 0) is 19.1 Å². The van der Waals surface area contributed by atoms with Gasteiger partial charge in [0.1, 0.15) is 11.3 Å². The number of aromatic carboxylic acids is 1. The molecule has 2 amide bonds. The lowest BCUT2D eigenvalue weighted by atomic mass is 10.2. The van der Waals surface area contributed by atoms with Gasteiger partial charge >= 0.3 is 12.0 Å². The van der Waals surface area contributed by atoms with Crippen LogP contribution in [0.3, 0.4) is 0 Å². The van der Waals surface area contributed by atoms with Gasteiger partial charge in [0, 0.05) is 25.9 Å². The molecule has 0 radical (unpaired) electrons. The van der Waals surface area contributed by atoms with E-state index in [1.165, 1.54) is 23.1 Å². The Morgan fingerprint density at radius 3 is 2.60 bits per heavy atom. The van der Waals surface area contributed by atoms with Crippen LogP contribution in [-0.4, -0.2) is 53.9 Å². The van der Waals surface area contributed by atoms with Crippen molar-refractivity contribution in [3.8, 4) is 5.75 Å². The molecule has 0 aliphatic carbocycles. The predicted molar refractivity (Wildman–Crippen MR) is 73.2 cm³/mol. The second-order valence-corrected chi connectivity index (χ2v) is 4.38. The Morgan fingerprint density at radius 2 is 2.10 bits per heavy atom. The Balaban J connectivity index is 2.76. The topological polar surface area (TPSA) is 99.1 Å². The van der Waals surface area contributed by atoms with Crippen LogP contribution in [0.5, 0.6) is 5.75 Å². The summed E-state index contributed by atoms with van der Waals surface area (Å²) in [5.74, 6) is -1.63. The maximum absolute atomic E-state index is 11.9. The summed E-state index contributed by atoms with van der Waals surface area (Å²) in [6.45, 7) is 2.22. The van der Waals surface area contributed by atoms with Gasteiger partial charge in [0.15, 0.2) is 0 Å². The van der Waals surface area contributed by atoms with Crippen molar-refractivity contribution in [3.63, 3.8) is 0 Å². The summed E-state index contributed by atoms with van der Waals surface area (Å²) in [5, 5.41) is 20.9. The number of hydrogen-bond donors (Lipinski definition) is 3. The SMILES string of the molecule is COCC(C)N(C)C(=O)Nc1ccc(C(=O)O)c(O)c1. The normalized spacial score (nSPS) is 11.8. The molecule has 0 heterocycles. The summed E-state index contributed by atoms with van der Waals surface area (Å²) in [7, 11) is 3.16. The number of nitrogens with one attached hydrogen (secondary N) is 1. The summed E-state index contributed by atoms with van der Waals surface area (Å²) < 4.78 is 4.96. The molecule has 0 saturated carbocycles. The number of carbonyl (C=O) groups excluding carboxylic acids is 1. The highest BCUT2D eigenvalue weighted by Gasteiger charge is 2.16. The van der Waals surface area contributed by atoms with Crippen LogP contribution in [0.25, 0.3) is 0 Å². The van der Waals surface area contributed by atoms with Crippen LogP contribution in [0.2, 0.25) is 0 Å². The molecule has 0 spiro atoms. The minimum atomic E-state index is -1.23. The number of anilines is 1. The molecule has 0 aromatic heterocycles. The lowest BCUT2D eigenvalue weighted by Crippen LogP contribution is -2.40. The molecule has 110 valence electrons. The Labute approximate surface area is 116 Å². The van der Waals surface area contributed by atoms with E-state index >= 15 is 0 Å². The number of hydrogen-bond acceptors (Lipinski definition) is 4. The molecule has 1 rings (SSSR count). The minimum absolute atomic E-state index is 0.119. The first-order valence-corrected chi connectivity index (χ1v) is 5.96. The largest absolute Gasteiger partial charge is 0.507 e. The quantitative estimate of drug-likeness (QED) is 0.761. The van der Waals surface area contributed by atoms with E-state index in [9.17, 15) is 14.7 Å². The van der Waals surface area contributed by atoms with Crippen molar-refractivity contribution in [1.29, 1.82) is 0 Å². The highest BCUT2D eigenvalue weighted by Crippen LogP contribution is 2.22. The number of amides is 2. The number of benzene rings is 1. The summed E-state index contributed by atoms with van der Waals surface area (Å²) in [5.41, 5.74) is 0.0954. The van der Waals surface area contributed by atoms with Crippen molar-refractivity contribution in [2.24, 2.45) is 0 Å². The molecular weight excluding hydrogens is 264 g/mol. The molecule has 7 heteroatoms. The van der Waals surface area contributed by atoms with Crippen LogP contribution >= 0.6 is 0 Å². The molecular formula is C13H18N2O5. The van der Waals surface area contributed by atoms with Crippen molar-refractivity contribution in [2.75, 3.05) is 26.1 Å². The van der Waals surface area contributed by atoms with Gasteiger partial charge in [-0.3, -0.25) is 0 Å². The molecule has 1 aromatic carbocycles. The van der Waals surface area contributed by atoms with Gasteiger partial charge in [0.2, 0.25) is 0 Å². The first kappa shape index (κ1) is 15.8. The fourth-order valence-corrected chi connectivity index (χ4v) is 1.56. The average Bonchev–Trinajstić information content (AvgIpc) is 2.37. The monoisotopic (exact) mass is 282 g/mol. The number of nitrogens with zero attached hydrogens (tertiary/aromatic N) is 1. The molecule has 3 N–H and O–H groups in total. The van der Waals surface area contributed by atoms with Crippen LogP contribution < -0.4 is 5.32 Å². The van der Waals surface area contributed by atoms with Crippen LogP contribution in [0.4, 0.5) is 10.5 Å². The number of rotatable bonds is 5. The fourth-order valence-electron chi connectivity index (χ4n) is 1.56. The van der Waals surface area contributed by atoms with Crippen molar-refractivity contribution >= 4 is 17.7 Å². The number of urea groups is 1. The van der Waals surface area contributed by atoms with E-state index in [-0.39, 0.29) is 17.6 Å². The third kappa shape index (κ3) is 3.86.